The van der Waals surface area contributed by atoms with Gasteiger partial charge >= 0.3 is 0 Å². The molecule has 0 saturated carbocycles. The van der Waals surface area contributed by atoms with Gasteiger partial charge in [-0.25, -0.2) is 5.53 Å². The molecule has 5 heteroatoms. The minimum Gasteiger partial charge on any atom is -0.507 e. The molecule has 1 amide bonds. The third-order valence-electron chi connectivity index (χ3n) is 4.37. The average Bonchev–Trinajstić information content (AvgIpc) is 2.69. The van der Waals surface area contributed by atoms with Gasteiger partial charge in [-0.1, -0.05) is 42.5 Å². The standard InChI is InChI=1S/C21H15N3O2/c22-24-19-15-8-4-5-9-16(15)20(25)17-11-10-13(12-18(17)19)21(26)23-14-6-2-1-3-7-14/h1-12,22,25H,(H,23,26). The van der Waals surface area contributed by atoms with Gasteiger partial charge in [0.2, 0.25) is 0 Å². The lowest BCUT2D eigenvalue weighted by Crippen LogP contribution is -2.11. The zero-order chi connectivity index (χ0) is 18.1. The van der Waals surface area contributed by atoms with E-state index < -0.39 is 0 Å². The van der Waals surface area contributed by atoms with E-state index in [1.807, 2.05) is 42.5 Å². The number of nitrogens with zero attached hydrogens (tertiary/aromatic N) is 1. The van der Waals surface area contributed by atoms with Crippen molar-refractivity contribution in [3.8, 4) is 5.75 Å². The molecule has 4 aromatic carbocycles. The molecule has 0 unspecified atom stereocenters. The monoisotopic (exact) mass is 341 g/mol. The number of amides is 1. The van der Waals surface area contributed by atoms with Crippen LogP contribution in [0.1, 0.15) is 10.4 Å². The SMILES string of the molecule is N=Nc1c2ccccc2c(O)c2ccc(C(=O)Nc3ccccc3)cc12. The number of nitrogens with one attached hydrogen (secondary N) is 2. The van der Waals surface area contributed by atoms with Gasteiger partial charge in [0.25, 0.3) is 5.91 Å². The van der Waals surface area contributed by atoms with Gasteiger partial charge < -0.3 is 10.4 Å². The molecule has 0 aliphatic rings. The maximum Gasteiger partial charge on any atom is 0.255 e. The van der Waals surface area contributed by atoms with Crippen molar-refractivity contribution in [2.24, 2.45) is 5.11 Å². The molecule has 0 atom stereocenters. The molecule has 0 radical (unpaired) electrons. The zero-order valence-electron chi connectivity index (χ0n) is 13.7. The van der Waals surface area contributed by atoms with Gasteiger partial charge in [0.15, 0.2) is 0 Å². The van der Waals surface area contributed by atoms with Gasteiger partial charge in [0.1, 0.15) is 11.4 Å². The first-order valence-corrected chi connectivity index (χ1v) is 8.10. The molecule has 0 spiro atoms. The third kappa shape index (κ3) is 2.56. The molecule has 5 nitrogen and oxygen atoms in total. The van der Waals surface area contributed by atoms with Gasteiger partial charge in [0.05, 0.1) is 0 Å². The van der Waals surface area contributed by atoms with E-state index in [-0.39, 0.29) is 11.7 Å². The number of aromatic hydroxyl groups is 1. The number of phenols is 1. The molecule has 26 heavy (non-hydrogen) atoms. The van der Waals surface area contributed by atoms with E-state index in [0.29, 0.717) is 38.5 Å². The summed E-state index contributed by atoms with van der Waals surface area (Å²) in [4.78, 5) is 12.6. The molecule has 0 aromatic heterocycles. The first-order chi connectivity index (χ1) is 12.7. The summed E-state index contributed by atoms with van der Waals surface area (Å²) in [7, 11) is 0. The Labute approximate surface area is 149 Å². The van der Waals surface area contributed by atoms with Crippen LogP contribution in [0.4, 0.5) is 11.4 Å². The van der Waals surface area contributed by atoms with Gasteiger partial charge in [0, 0.05) is 32.8 Å². The van der Waals surface area contributed by atoms with Crippen LogP contribution >= 0.6 is 0 Å². The van der Waals surface area contributed by atoms with Crippen LogP contribution in [0.3, 0.4) is 0 Å². The Kier molecular flexibility index (Phi) is 3.82. The van der Waals surface area contributed by atoms with Crippen LogP contribution in [0.25, 0.3) is 21.5 Å². The number of fused-ring (bicyclic) bond motifs is 2. The number of carbonyl (C=O) groups is 1. The summed E-state index contributed by atoms with van der Waals surface area (Å²) < 4.78 is 0. The molecule has 4 rings (SSSR count). The van der Waals surface area contributed by atoms with Crippen LogP contribution < -0.4 is 5.32 Å². The van der Waals surface area contributed by atoms with Gasteiger partial charge in [-0.3, -0.25) is 4.79 Å². The Hall–Kier alpha value is -3.73. The summed E-state index contributed by atoms with van der Waals surface area (Å²) in [6.45, 7) is 0. The lowest BCUT2D eigenvalue weighted by Gasteiger charge is -2.11. The van der Waals surface area contributed by atoms with Crippen molar-refractivity contribution in [3.63, 3.8) is 0 Å². The lowest BCUT2D eigenvalue weighted by molar-refractivity contribution is 0.102. The fourth-order valence-electron chi connectivity index (χ4n) is 3.12. The Morgan fingerprint density at radius 1 is 0.846 bits per heavy atom. The maximum atomic E-state index is 12.6. The highest BCUT2D eigenvalue weighted by Gasteiger charge is 2.15. The average molecular weight is 341 g/mol. The van der Waals surface area contributed by atoms with Crippen LogP contribution in [0, 0.1) is 5.53 Å². The van der Waals surface area contributed by atoms with Crippen LogP contribution in [0.5, 0.6) is 5.75 Å². The van der Waals surface area contributed by atoms with Crippen LogP contribution in [0.2, 0.25) is 0 Å². The van der Waals surface area contributed by atoms with Gasteiger partial charge in [-0.15, -0.1) is 0 Å². The van der Waals surface area contributed by atoms with E-state index in [4.69, 9.17) is 5.53 Å². The second-order valence-electron chi connectivity index (χ2n) is 5.94. The maximum absolute atomic E-state index is 12.6. The Morgan fingerprint density at radius 3 is 2.23 bits per heavy atom. The van der Waals surface area contributed by atoms with E-state index in [9.17, 15) is 9.90 Å². The van der Waals surface area contributed by atoms with Crippen LogP contribution in [0.15, 0.2) is 77.9 Å². The summed E-state index contributed by atoms with van der Waals surface area (Å²) in [5, 5.41) is 19.5. The summed E-state index contributed by atoms with van der Waals surface area (Å²) >= 11 is 0. The van der Waals surface area contributed by atoms with Crippen LogP contribution in [-0.2, 0) is 0 Å². The molecule has 0 saturated heterocycles. The largest absolute Gasteiger partial charge is 0.507 e. The van der Waals surface area contributed by atoms with E-state index in [1.165, 1.54) is 0 Å². The highest BCUT2D eigenvalue weighted by molar-refractivity contribution is 6.16. The second kappa shape index (κ2) is 6.29. The van der Waals surface area contributed by atoms with Gasteiger partial charge in [-0.2, -0.15) is 5.11 Å². The minimum absolute atomic E-state index is 0.123. The van der Waals surface area contributed by atoms with E-state index in [2.05, 4.69) is 10.4 Å². The summed E-state index contributed by atoms with van der Waals surface area (Å²) in [5.41, 5.74) is 9.14. The normalized spacial score (nSPS) is 10.8. The van der Waals surface area contributed by atoms with Crippen molar-refractivity contribution >= 4 is 38.8 Å². The lowest BCUT2D eigenvalue weighted by atomic mass is 9.98. The predicted molar refractivity (Wildman–Crippen MR) is 102 cm³/mol. The molecular weight excluding hydrogens is 326 g/mol. The quantitative estimate of drug-likeness (QED) is 0.334. The number of benzene rings is 4. The van der Waals surface area contributed by atoms with Crippen molar-refractivity contribution in [2.45, 2.75) is 0 Å². The highest BCUT2D eigenvalue weighted by Crippen LogP contribution is 2.42. The zero-order valence-corrected chi connectivity index (χ0v) is 13.7. The topological polar surface area (TPSA) is 85.5 Å². The fraction of sp³-hybridized carbons (Fsp3) is 0. The number of carbonyl (C=O) groups excluding carboxylic acids is 1. The first-order valence-electron chi connectivity index (χ1n) is 8.10. The number of phenolic OH excluding ortho intramolecular Hbond substituents is 1. The Balaban J connectivity index is 1.88. The Morgan fingerprint density at radius 2 is 1.50 bits per heavy atom. The number of anilines is 1. The molecule has 0 bridgehead atoms. The molecule has 3 N–H and O–H groups in total. The van der Waals surface area contributed by atoms with Crippen LogP contribution in [-0.4, -0.2) is 11.0 Å². The van der Waals surface area contributed by atoms with Gasteiger partial charge in [-0.05, 0) is 30.3 Å². The molecule has 0 heterocycles. The van der Waals surface area contributed by atoms with Crippen molar-refractivity contribution < 1.29 is 9.90 Å². The summed E-state index contributed by atoms with van der Waals surface area (Å²) in [6.07, 6.45) is 0. The molecule has 4 aromatic rings. The van der Waals surface area contributed by atoms with Crippen molar-refractivity contribution in [2.75, 3.05) is 5.32 Å². The van der Waals surface area contributed by atoms with Crippen molar-refractivity contribution in [1.82, 2.24) is 0 Å². The number of para-hydroxylation sites is 1. The van der Waals surface area contributed by atoms with E-state index >= 15 is 0 Å². The van der Waals surface area contributed by atoms with Crippen molar-refractivity contribution in [3.05, 3.63) is 78.4 Å². The third-order valence-corrected chi connectivity index (χ3v) is 4.37. The predicted octanol–water partition coefficient (Wildman–Crippen LogP) is 5.61. The smallest absolute Gasteiger partial charge is 0.255 e. The van der Waals surface area contributed by atoms with Crippen molar-refractivity contribution in [1.29, 1.82) is 5.53 Å². The first kappa shape index (κ1) is 15.8. The van der Waals surface area contributed by atoms with E-state index in [0.717, 1.165) is 0 Å². The molecule has 126 valence electrons. The number of rotatable bonds is 3. The molecular formula is C21H15N3O2. The number of hydrogen-bond acceptors (Lipinski definition) is 4. The summed E-state index contributed by atoms with van der Waals surface area (Å²) in [5.74, 6) is -0.139. The second-order valence-corrected chi connectivity index (χ2v) is 5.94. The molecule has 0 aliphatic heterocycles. The van der Waals surface area contributed by atoms with E-state index in [1.54, 1.807) is 30.3 Å². The minimum atomic E-state index is -0.262. The number of hydrogen-bond donors (Lipinski definition) is 3. The Bertz CT molecular complexity index is 1150. The molecule has 0 aliphatic carbocycles. The summed E-state index contributed by atoms with van der Waals surface area (Å²) in [6, 6.07) is 21.4. The highest BCUT2D eigenvalue weighted by atomic mass is 16.3. The molecule has 0 fully saturated rings. The fourth-order valence-corrected chi connectivity index (χ4v) is 3.12.